The van der Waals surface area contributed by atoms with Crippen molar-refractivity contribution in [3.05, 3.63) is 28.2 Å². The van der Waals surface area contributed by atoms with Crippen LogP contribution in [0.25, 0.3) is 0 Å². The maximum absolute atomic E-state index is 12.1. The quantitative estimate of drug-likeness (QED) is 0.859. The number of thiophene rings is 1. The maximum atomic E-state index is 12.1. The zero-order valence-corrected chi connectivity index (χ0v) is 14.1. The SMILES string of the molecule is Cc1nnnn1CCC(=O)NC1CCN(Cc2cccs2)CC1. The fourth-order valence-electron chi connectivity index (χ4n) is 2.82. The molecular weight excluding hydrogens is 312 g/mol. The molecule has 1 aliphatic heterocycles. The standard InChI is InChI=1S/C15H22N6OS/c1-12-17-18-19-21(12)9-6-15(22)16-13-4-7-20(8-5-13)11-14-3-2-10-23-14/h2-3,10,13H,4-9,11H2,1H3,(H,16,22). The minimum absolute atomic E-state index is 0.0802. The lowest BCUT2D eigenvalue weighted by molar-refractivity contribution is -0.122. The number of rotatable bonds is 6. The van der Waals surface area contributed by atoms with Gasteiger partial charge >= 0.3 is 0 Å². The van der Waals surface area contributed by atoms with Crippen LogP contribution in [0.4, 0.5) is 0 Å². The Bertz CT molecular complexity index is 618. The molecular formula is C15H22N6OS. The van der Waals surface area contributed by atoms with Gasteiger partial charge in [-0.1, -0.05) is 6.07 Å². The van der Waals surface area contributed by atoms with Gasteiger partial charge in [-0.05, 0) is 41.6 Å². The van der Waals surface area contributed by atoms with E-state index in [0.717, 1.165) is 38.3 Å². The fourth-order valence-corrected chi connectivity index (χ4v) is 3.57. The Kier molecular flexibility index (Phi) is 5.35. The average molecular weight is 334 g/mol. The summed E-state index contributed by atoms with van der Waals surface area (Å²) in [6, 6.07) is 4.57. The molecule has 0 atom stereocenters. The van der Waals surface area contributed by atoms with Gasteiger partial charge in [0.2, 0.25) is 5.91 Å². The van der Waals surface area contributed by atoms with Crippen LogP contribution in [0.15, 0.2) is 17.5 Å². The summed E-state index contributed by atoms with van der Waals surface area (Å²) in [6.45, 7) is 5.46. The summed E-state index contributed by atoms with van der Waals surface area (Å²) in [7, 11) is 0. The normalized spacial score (nSPS) is 16.6. The zero-order chi connectivity index (χ0) is 16.1. The summed E-state index contributed by atoms with van der Waals surface area (Å²) in [6.07, 6.45) is 2.45. The molecule has 1 saturated heterocycles. The molecule has 2 aromatic rings. The van der Waals surface area contributed by atoms with Crippen molar-refractivity contribution in [1.29, 1.82) is 0 Å². The largest absolute Gasteiger partial charge is 0.353 e. The first kappa shape index (κ1) is 16.1. The molecule has 7 nitrogen and oxygen atoms in total. The molecule has 0 aliphatic carbocycles. The van der Waals surface area contributed by atoms with Crippen molar-refractivity contribution >= 4 is 17.2 Å². The number of aromatic nitrogens is 4. The third kappa shape index (κ3) is 4.59. The maximum Gasteiger partial charge on any atom is 0.222 e. The van der Waals surface area contributed by atoms with Gasteiger partial charge in [-0.25, -0.2) is 4.68 Å². The Morgan fingerprint density at radius 1 is 1.43 bits per heavy atom. The number of carbonyl (C=O) groups excluding carboxylic acids is 1. The molecule has 0 aromatic carbocycles. The van der Waals surface area contributed by atoms with Gasteiger partial charge in [0.15, 0.2) is 0 Å². The Balaban J connectivity index is 1.36. The number of nitrogens with one attached hydrogen (secondary N) is 1. The fraction of sp³-hybridized carbons (Fsp3) is 0.600. The first-order valence-electron chi connectivity index (χ1n) is 7.97. The number of nitrogens with zero attached hydrogens (tertiary/aromatic N) is 5. The summed E-state index contributed by atoms with van der Waals surface area (Å²) >= 11 is 1.80. The molecule has 3 heterocycles. The third-order valence-corrected chi connectivity index (χ3v) is 5.04. The van der Waals surface area contributed by atoms with E-state index in [1.807, 2.05) is 6.92 Å². The van der Waals surface area contributed by atoms with Crippen LogP contribution in [0.2, 0.25) is 0 Å². The monoisotopic (exact) mass is 334 g/mol. The second-order valence-corrected chi connectivity index (χ2v) is 6.93. The number of tetrazole rings is 1. The summed E-state index contributed by atoms with van der Waals surface area (Å²) in [5, 5.41) is 16.5. The van der Waals surface area contributed by atoms with E-state index < -0.39 is 0 Å². The lowest BCUT2D eigenvalue weighted by atomic mass is 10.0. The lowest BCUT2D eigenvalue weighted by Crippen LogP contribution is -2.44. The predicted molar refractivity (Wildman–Crippen MR) is 87.9 cm³/mol. The molecule has 1 amide bonds. The van der Waals surface area contributed by atoms with Crippen LogP contribution in [-0.2, 0) is 17.9 Å². The van der Waals surface area contributed by atoms with Gasteiger partial charge in [-0.2, -0.15) is 0 Å². The summed E-state index contributed by atoms with van der Waals surface area (Å²) < 4.78 is 1.66. The smallest absolute Gasteiger partial charge is 0.222 e. The van der Waals surface area contributed by atoms with Crippen LogP contribution in [0.1, 0.15) is 30.0 Å². The van der Waals surface area contributed by atoms with Crippen LogP contribution in [0.3, 0.4) is 0 Å². The van der Waals surface area contributed by atoms with E-state index in [2.05, 4.69) is 43.3 Å². The van der Waals surface area contributed by atoms with Crippen molar-refractivity contribution in [2.45, 2.75) is 45.3 Å². The van der Waals surface area contributed by atoms with Gasteiger partial charge < -0.3 is 5.32 Å². The van der Waals surface area contributed by atoms with Crippen LogP contribution in [0.5, 0.6) is 0 Å². The molecule has 0 bridgehead atoms. The van der Waals surface area contributed by atoms with Gasteiger partial charge in [0.25, 0.3) is 0 Å². The minimum atomic E-state index is 0.0802. The molecule has 8 heteroatoms. The number of hydrogen-bond acceptors (Lipinski definition) is 6. The summed E-state index contributed by atoms with van der Waals surface area (Å²) in [4.78, 5) is 15.9. The topological polar surface area (TPSA) is 75.9 Å². The van der Waals surface area contributed by atoms with E-state index in [0.29, 0.717) is 13.0 Å². The highest BCUT2D eigenvalue weighted by molar-refractivity contribution is 7.09. The second-order valence-electron chi connectivity index (χ2n) is 5.90. The molecule has 23 heavy (non-hydrogen) atoms. The van der Waals surface area contributed by atoms with E-state index in [-0.39, 0.29) is 11.9 Å². The molecule has 1 fully saturated rings. The van der Waals surface area contributed by atoms with E-state index in [1.54, 1.807) is 16.0 Å². The van der Waals surface area contributed by atoms with Crippen LogP contribution in [-0.4, -0.2) is 50.1 Å². The molecule has 0 radical (unpaired) electrons. The van der Waals surface area contributed by atoms with Crippen molar-refractivity contribution < 1.29 is 4.79 Å². The summed E-state index contributed by atoms with van der Waals surface area (Å²) in [5.41, 5.74) is 0. The number of aryl methyl sites for hydroxylation is 2. The Labute approximate surface area is 139 Å². The third-order valence-electron chi connectivity index (χ3n) is 4.17. The van der Waals surface area contributed by atoms with Crippen molar-refractivity contribution in [3.63, 3.8) is 0 Å². The van der Waals surface area contributed by atoms with Crippen LogP contribution >= 0.6 is 11.3 Å². The molecule has 124 valence electrons. The highest BCUT2D eigenvalue weighted by atomic mass is 32.1. The lowest BCUT2D eigenvalue weighted by Gasteiger charge is -2.32. The number of piperidine rings is 1. The van der Waals surface area contributed by atoms with Gasteiger partial charge in [0.05, 0.1) is 6.54 Å². The number of hydrogen-bond donors (Lipinski definition) is 1. The van der Waals surface area contributed by atoms with E-state index in [9.17, 15) is 4.79 Å². The van der Waals surface area contributed by atoms with E-state index >= 15 is 0 Å². The minimum Gasteiger partial charge on any atom is -0.353 e. The Hall–Kier alpha value is -1.80. The van der Waals surface area contributed by atoms with Crippen LogP contribution < -0.4 is 5.32 Å². The molecule has 1 aliphatic rings. The highest BCUT2D eigenvalue weighted by Gasteiger charge is 2.20. The van der Waals surface area contributed by atoms with E-state index in [1.165, 1.54) is 4.88 Å². The molecule has 1 N–H and O–H groups in total. The van der Waals surface area contributed by atoms with Crippen molar-refractivity contribution in [3.8, 4) is 0 Å². The summed E-state index contributed by atoms with van der Waals surface area (Å²) in [5.74, 6) is 0.816. The predicted octanol–water partition coefficient (Wildman–Crippen LogP) is 1.21. The molecule has 2 aromatic heterocycles. The first-order chi connectivity index (χ1) is 11.2. The molecule has 3 rings (SSSR count). The average Bonchev–Trinajstić information content (AvgIpc) is 3.19. The van der Waals surface area contributed by atoms with Gasteiger partial charge in [0, 0.05) is 37.0 Å². The number of likely N-dealkylation sites (tertiary alicyclic amines) is 1. The Morgan fingerprint density at radius 3 is 2.91 bits per heavy atom. The van der Waals surface area contributed by atoms with Crippen molar-refractivity contribution in [2.24, 2.45) is 0 Å². The van der Waals surface area contributed by atoms with Crippen molar-refractivity contribution in [2.75, 3.05) is 13.1 Å². The molecule has 0 spiro atoms. The van der Waals surface area contributed by atoms with Gasteiger partial charge in [0.1, 0.15) is 5.82 Å². The first-order valence-corrected chi connectivity index (χ1v) is 8.85. The van der Waals surface area contributed by atoms with E-state index in [4.69, 9.17) is 0 Å². The zero-order valence-electron chi connectivity index (χ0n) is 13.3. The second kappa shape index (κ2) is 7.65. The number of amides is 1. The number of carbonyl (C=O) groups is 1. The Morgan fingerprint density at radius 2 is 2.26 bits per heavy atom. The highest BCUT2D eigenvalue weighted by Crippen LogP contribution is 2.16. The molecule has 0 saturated carbocycles. The van der Waals surface area contributed by atoms with Gasteiger partial charge in [-0.15, -0.1) is 16.4 Å². The molecule has 0 unspecified atom stereocenters. The van der Waals surface area contributed by atoms with Gasteiger partial charge in [-0.3, -0.25) is 9.69 Å². The van der Waals surface area contributed by atoms with Crippen LogP contribution in [0, 0.1) is 6.92 Å². The van der Waals surface area contributed by atoms with Crippen molar-refractivity contribution in [1.82, 2.24) is 30.4 Å².